The van der Waals surface area contributed by atoms with Gasteiger partial charge in [-0.05, 0) is 63.8 Å². The summed E-state index contributed by atoms with van der Waals surface area (Å²) >= 11 is 0. The van der Waals surface area contributed by atoms with Crippen LogP contribution in [0.3, 0.4) is 0 Å². The minimum absolute atomic E-state index is 0. The molecule has 1 fully saturated rings. The fourth-order valence-electron chi connectivity index (χ4n) is 2.67. The van der Waals surface area contributed by atoms with Crippen LogP contribution >= 0.6 is 12.4 Å². The van der Waals surface area contributed by atoms with E-state index in [0.29, 0.717) is 11.3 Å². The molecule has 0 aliphatic heterocycles. The van der Waals surface area contributed by atoms with Crippen molar-refractivity contribution in [2.45, 2.75) is 57.7 Å². The number of urea groups is 1. The average molecular weight is 355 g/mol. The SMILES string of the molecule is CC(C)NC(=O)Nc1ccc(C(=O)NC2CCC(N)CC2)cc1.Cl. The number of rotatable bonds is 4. The largest absolute Gasteiger partial charge is 0.349 e. The number of nitrogens with two attached hydrogens (primary N) is 1. The van der Waals surface area contributed by atoms with Gasteiger partial charge in [-0.1, -0.05) is 0 Å². The Morgan fingerprint density at radius 1 is 1.08 bits per heavy atom. The molecule has 1 saturated carbocycles. The Balaban J connectivity index is 0.00000288. The number of carbonyl (C=O) groups is 2. The lowest BCUT2D eigenvalue weighted by atomic mass is 9.91. The van der Waals surface area contributed by atoms with Crippen LogP contribution in [0, 0.1) is 0 Å². The van der Waals surface area contributed by atoms with Gasteiger partial charge in [-0.25, -0.2) is 4.79 Å². The normalized spacial score (nSPS) is 20.0. The lowest BCUT2D eigenvalue weighted by Gasteiger charge is -2.26. The van der Waals surface area contributed by atoms with Crippen molar-refractivity contribution in [2.75, 3.05) is 5.32 Å². The minimum atomic E-state index is -0.254. The topological polar surface area (TPSA) is 96.2 Å². The van der Waals surface area contributed by atoms with Crippen LogP contribution in [-0.2, 0) is 0 Å². The summed E-state index contributed by atoms with van der Waals surface area (Å²) in [5.74, 6) is -0.0800. The molecule has 0 spiro atoms. The van der Waals surface area contributed by atoms with Crippen LogP contribution in [0.2, 0.25) is 0 Å². The molecule has 0 unspecified atom stereocenters. The Kier molecular flexibility index (Phi) is 8.01. The Morgan fingerprint density at radius 2 is 1.67 bits per heavy atom. The maximum Gasteiger partial charge on any atom is 0.319 e. The molecule has 0 atom stereocenters. The van der Waals surface area contributed by atoms with Crippen LogP contribution < -0.4 is 21.7 Å². The molecular weight excluding hydrogens is 328 g/mol. The number of benzene rings is 1. The van der Waals surface area contributed by atoms with Gasteiger partial charge in [-0.15, -0.1) is 12.4 Å². The van der Waals surface area contributed by atoms with Crippen molar-refractivity contribution in [1.29, 1.82) is 0 Å². The molecule has 7 heteroatoms. The van der Waals surface area contributed by atoms with Crippen LogP contribution in [0.1, 0.15) is 49.9 Å². The second-order valence-corrected chi connectivity index (χ2v) is 6.42. The Bertz CT molecular complexity index is 540. The number of nitrogens with one attached hydrogen (secondary N) is 3. The third-order valence-electron chi connectivity index (χ3n) is 3.93. The summed E-state index contributed by atoms with van der Waals surface area (Å²) < 4.78 is 0. The van der Waals surface area contributed by atoms with E-state index in [1.807, 2.05) is 13.8 Å². The summed E-state index contributed by atoms with van der Waals surface area (Å²) in [5.41, 5.74) is 7.12. The Hall–Kier alpha value is -1.79. The summed E-state index contributed by atoms with van der Waals surface area (Å²) in [7, 11) is 0. The van der Waals surface area contributed by atoms with Crippen LogP contribution in [-0.4, -0.2) is 30.1 Å². The molecular formula is C17H27ClN4O2. The van der Waals surface area contributed by atoms with E-state index < -0.39 is 0 Å². The van der Waals surface area contributed by atoms with E-state index >= 15 is 0 Å². The van der Waals surface area contributed by atoms with Gasteiger partial charge in [0.2, 0.25) is 0 Å². The van der Waals surface area contributed by atoms with Gasteiger partial charge < -0.3 is 21.7 Å². The third-order valence-corrected chi connectivity index (χ3v) is 3.93. The maximum absolute atomic E-state index is 12.2. The first-order valence-electron chi connectivity index (χ1n) is 8.18. The molecule has 1 aliphatic rings. The van der Waals surface area contributed by atoms with Crippen LogP contribution in [0.4, 0.5) is 10.5 Å². The minimum Gasteiger partial charge on any atom is -0.349 e. The first-order valence-corrected chi connectivity index (χ1v) is 8.18. The highest BCUT2D eigenvalue weighted by molar-refractivity contribution is 5.95. The standard InChI is InChI=1S/C17H26N4O2.ClH/c1-11(2)19-17(23)21-15-7-3-12(4-8-15)16(22)20-14-9-5-13(18)6-10-14;/h3-4,7-8,11,13-14H,5-6,9-10,18H2,1-2H3,(H,20,22)(H2,19,21,23);1H. The predicted molar refractivity (Wildman–Crippen MR) is 98.7 cm³/mol. The van der Waals surface area contributed by atoms with Crippen LogP contribution in [0.25, 0.3) is 0 Å². The monoisotopic (exact) mass is 354 g/mol. The van der Waals surface area contributed by atoms with Gasteiger partial charge in [0.15, 0.2) is 0 Å². The second kappa shape index (κ2) is 9.49. The van der Waals surface area contributed by atoms with E-state index in [9.17, 15) is 9.59 Å². The van der Waals surface area contributed by atoms with Crippen LogP contribution in [0.5, 0.6) is 0 Å². The molecule has 3 amide bonds. The van der Waals surface area contributed by atoms with Crippen molar-refractivity contribution >= 4 is 30.0 Å². The summed E-state index contributed by atoms with van der Waals surface area (Å²) in [6.45, 7) is 3.79. The molecule has 24 heavy (non-hydrogen) atoms. The predicted octanol–water partition coefficient (Wildman–Crippen LogP) is 2.64. The van der Waals surface area contributed by atoms with E-state index in [-0.39, 0.29) is 42.5 Å². The van der Waals surface area contributed by atoms with Gasteiger partial charge in [0.05, 0.1) is 0 Å². The molecule has 2 rings (SSSR count). The fourth-order valence-corrected chi connectivity index (χ4v) is 2.67. The van der Waals surface area contributed by atoms with Crippen molar-refractivity contribution in [3.05, 3.63) is 29.8 Å². The maximum atomic E-state index is 12.2. The summed E-state index contributed by atoms with van der Waals surface area (Å²) in [5, 5.41) is 8.52. The van der Waals surface area contributed by atoms with Crippen molar-refractivity contribution in [3.8, 4) is 0 Å². The lowest BCUT2D eigenvalue weighted by molar-refractivity contribution is 0.0926. The smallest absolute Gasteiger partial charge is 0.319 e. The van der Waals surface area contributed by atoms with E-state index in [4.69, 9.17) is 5.73 Å². The van der Waals surface area contributed by atoms with Crippen molar-refractivity contribution < 1.29 is 9.59 Å². The van der Waals surface area contributed by atoms with E-state index in [1.165, 1.54) is 0 Å². The zero-order chi connectivity index (χ0) is 16.8. The molecule has 0 saturated heterocycles. The molecule has 5 N–H and O–H groups in total. The highest BCUT2D eigenvalue weighted by atomic mass is 35.5. The molecule has 1 aromatic carbocycles. The fraction of sp³-hybridized carbons (Fsp3) is 0.529. The highest BCUT2D eigenvalue weighted by Gasteiger charge is 2.20. The number of amides is 3. The van der Waals surface area contributed by atoms with Gasteiger partial charge in [0.25, 0.3) is 5.91 Å². The van der Waals surface area contributed by atoms with Gasteiger partial charge in [-0.2, -0.15) is 0 Å². The van der Waals surface area contributed by atoms with Gasteiger partial charge in [-0.3, -0.25) is 4.79 Å². The second-order valence-electron chi connectivity index (χ2n) is 6.42. The quantitative estimate of drug-likeness (QED) is 0.669. The Morgan fingerprint density at radius 3 is 2.21 bits per heavy atom. The molecule has 0 radical (unpaired) electrons. The number of anilines is 1. The molecule has 1 aromatic rings. The van der Waals surface area contributed by atoms with E-state index in [2.05, 4.69) is 16.0 Å². The summed E-state index contributed by atoms with van der Waals surface area (Å²) in [6.07, 6.45) is 3.78. The van der Waals surface area contributed by atoms with Crippen LogP contribution in [0.15, 0.2) is 24.3 Å². The number of hydrogen-bond acceptors (Lipinski definition) is 3. The number of hydrogen-bond donors (Lipinski definition) is 4. The lowest BCUT2D eigenvalue weighted by Crippen LogP contribution is -2.40. The Labute approximate surface area is 149 Å². The summed E-state index contributed by atoms with van der Waals surface area (Å²) in [4.78, 5) is 23.9. The molecule has 0 heterocycles. The van der Waals surface area contributed by atoms with Gasteiger partial charge >= 0.3 is 6.03 Å². The average Bonchev–Trinajstić information content (AvgIpc) is 2.49. The highest BCUT2D eigenvalue weighted by Crippen LogP contribution is 2.18. The first-order chi connectivity index (χ1) is 10.9. The molecule has 1 aliphatic carbocycles. The molecule has 6 nitrogen and oxygen atoms in total. The van der Waals surface area contributed by atoms with Crippen molar-refractivity contribution in [2.24, 2.45) is 5.73 Å². The van der Waals surface area contributed by atoms with E-state index in [0.717, 1.165) is 25.7 Å². The molecule has 134 valence electrons. The zero-order valence-electron chi connectivity index (χ0n) is 14.2. The van der Waals surface area contributed by atoms with Gasteiger partial charge in [0.1, 0.15) is 0 Å². The summed E-state index contributed by atoms with van der Waals surface area (Å²) in [6, 6.07) is 7.18. The third kappa shape index (κ3) is 6.37. The molecule has 0 aromatic heterocycles. The van der Waals surface area contributed by atoms with Crippen molar-refractivity contribution in [3.63, 3.8) is 0 Å². The first kappa shape index (κ1) is 20.3. The number of carbonyl (C=O) groups excluding carboxylic acids is 2. The number of halogens is 1. The van der Waals surface area contributed by atoms with Gasteiger partial charge in [0, 0.05) is 29.4 Å². The zero-order valence-corrected chi connectivity index (χ0v) is 15.0. The van der Waals surface area contributed by atoms with E-state index in [1.54, 1.807) is 24.3 Å². The molecule has 0 bridgehead atoms. The van der Waals surface area contributed by atoms with Crippen molar-refractivity contribution in [1.82, 2.24) is 10.6 Å².